The lowest BCUT2D eigenvalue weighted by Gasteiger charge is -2.16. The Hall–Kier alpha value is -4.18. The third-order valence-corrected chi connectivity index (χ3v) is 4.53. The Labute approximate surface area is 179 Å². The topological polar surface area (TPSA) is 91.2 Å². The van der Waals surface area contributed by atoms with E-state index in [0.717, 1.165) is 5.56 Å². The number of ether oxygens (including phenoxy) is 1. The molecule has 0 fully saturated rings. The molecule has 0 aliphatic heterocycles. The molecule has 0 aliphatic rings. The number of nitrogens with one attached hydrogen (secondary N) is 2. The first-order valence-electron chi connectivity index (χ1n) is 9.55. The van der Waals surface area contributed by atoms with Gasteiger partial charge in [-0.3, -0.25) is 9.59 Å². The molecule has 3 aromatic carbocycles. The minimum atomic E-state index is -0.550. The molecule has 2 amide bonds. The molecule has 31 heavy (non-hydrogen) atoms. The number of hydrogen-bond donors (Lipinski definition) is 2. The van der Waals surface area contributed by atoms with E-state index in [2.05, 4.69) is 16.7 Å². The van der Waals surface area contributed by atoms with E-state index in [1.807, 2.05) is 6.92 Å². The molecule has 0 spiro atoms. The van der Waals surface area contributed by atoms with E-state index in [1.54, 1.807) is 54.6 Å². The molecule has 7 heteroatoms. The zero-order valence-corrected chi connectivity index (χ0v) is 16.8. The van der Waals surface area contributed by atoms with E-state index in [1.165, 1.54) is 18.2 Å². The summed E-state index contributed by atoms with van der Waals surface area (Å²) in [7, 11) is 0. The monoisotopic (exact) mass is 417 g/mol. The van der Waals surface area contributed by atoms with Crippen molar-refractivity contribution in [2.24, 2.45) is 0 Å². The van der Waals surface area contributed by atoms with Crippen molar-refractivity contribution in [1.82, 2.24) is 5.32 Å². The lowest BCUT2D eigenvalue weighted by atomic mass is 10.1. The van der Waals surface area contributed by atoms with Gasteiger partial charge < -0.3 is 15.4 Å². The third-order valence-electron chi connectivity index (χ3n) is 4.53. The van der Waals surface area contributed by atoms with Crippen LogP contribution in [-0.4, -0.2) is 18.4 Å². The van der Waals surface area contributed by atoms with Gasteiger partial charge in [-0.15, -0.1) is 0 Å². The second kappa shape index (κ2) is 10.0. The van der Waals surface area contributed by atoms with Crippen LogP contribution in [0.25, 0.3) is 0 Å². The molecule has 6 nitrogen and oxygen atoms in total. The Morgan fingerprint density at radius 1 is 1.03 bits per heavy atom. The summed E-state index contributed by atoms with van der Waals surface area (Å²) in [4.78, 5) is 24.9. The van der Waals surface area contributed by atoms with E-state index in [9.17, 15) is 14.0 Å². The van der Waals surface area contributed by atoms with Crippen LogP contribution in [-0.2, 0) is 4.79 Å². The number of hydrogen-bond acceptors (Lipinski definition) is 4. The molecule has 0 heterocycles. The smallest absolute Gasteiger partial charge is 0.262 e. The van der Waals surface area contributed by atoms with Crippen LogP contribution in [0.2, 0.25) is 0 Å². The zero-order chi connectivity index (χ0) is 22.2. The SMILES string of the molecule is CC(NC(=O)c1ccccc1OCC(=O)Nc1ccccc1F)c1ccc(C#N)cc1. The number of carbonyl (C=O) groups excluding carboxylic acids is 2. The van der Waals surface area contributed by atoms with Crippen LogP contribution in [0.3, 0.4) is 0 Å². The Morgan fingerprint density at radius 3 is 2.42 bits per heavy atom. The summed E-state index contributed by atoms with van der Waals surface area (Å²) in [5, 5.41) is 14.2. The van der Waals surface area contributed by atoms with Crippen LogP contribution in [0.5, 0.6) is 5.75 Å². The Morgan fingerprint density at radius 2 is 1.71 bits per heavy atom. The molecule has 2 N–H and O–H groups in total. The average molecular weight is 417 g/mol. The van der Waals surface area contributed by atoms with Gasteiger partial charge in [-0.1, -0.05) is 36.4 Å². The Balaban J connectivity index is 1.63. The summed E-state index contributed by atoms with van der Waals surface area (Å²) in [6.45, 7) is 1.44. The second-order valence-corrected chi connectivity index (χ2v) is 6.74. The first-order chi connectivity index (χ1) is 15.0. The molecule has 0 saturated heterocycles. The van der Waals surface area contributed by atoms with Crippen molar-refractivity contribution in [2.45, 2.75) is 13.0 Å². The fourth-order valence-electron chi connectivity index (χ4n) is 2.88. The van der Waals surface area contributed by atoms with Crippen molar-refractivity contribution >= 4 is 17.5 Å². The predicted octanol–water partition coefficient (Wildman–Crippen LogP) is 4.21. The van der Waals surface area contributed by atoms with Gasteiger partial charge in [0.25, 0.3) is 11.8 Å². The first kappa shape index (κ1) is 21.5. The maximum atomic E-state index is 13.7. The third kappa shape index (κ3) is 5.67. The first-order valence-corrected chi connectivity index (χ1v) is 9.55. The maximum absolute atomic E-state index is 13.7. The molecule has 1 unspecified atom stereocenters. The molecule has 0 bridgehead atoms. The lowest BCUT2D eigenvalue weighted by Crippen LogP contribution is -2.28. The van der Waals surface area contributed by atoms with Crippen LogP contribution < -0.4 is 15.4 Å². The fourth-order valence-corrected chi connectivity index (χ4v) is 2.88. The summed E-state index contributed by atoms with van der Waals surface area (Å²) < 4.78 is 19.2. The van der Waals surface area contributed by atoms with Gasteiger partial charge in [0.15, 0.2) is 6.61 Å². The van der Waals surface area contributed by atoms with Gasteiger partial charge in [-0.05, 0) is 48.9 Å². The fraction of sp³-hybridized carbons (Fsp3) is 0.125. The molecule has 0 saturated carbocycles. The van der Waals surface area contributed by atoms with Crippen molar-refractivity contribution in [3.05, 3.63) is 95.3 Å². The van der Waals surface area contributed by atoms with Crippen LogP contribution in [0, 0.1) is 17.1 Å². The van der Waals surface area contributed by atoms with Crippen LogP contribution in [0.15, 0.2) is 72.8 Å². The summed E-state index contributed by atoms with van der Waals surface area (Å²) in [5.41, 5.74) is 1.70. The summed E-state index contributed by atoms with van der Waals surface area (Å²) in [6, 6.07) is 21.0. The molecule has 1 atom stereocenters. The summed E-state index contributed by atoms with van der Waals surface area (Å²) >= 11 is 0. The summed E-state index contributed by atoms with van der Waals surface area (Å²) in [5.74, 6) is -1.24. The normalized spacial score (nSPS) is 11.1. The molecule has 3 aromatic rings. The van der Waals surface area contributed by atoms with Gasteiger partial charge in [0.05, 0.1) is 28.9 Å². The van der Waals surface area contributed by atoms with E-state index < -0.39 is 11.7 Å². The second-order valence-electron chi connectivity index (χ2n) is 6.74. The molecule has 0 aliphatic carbocycles. The Kier molecular flexibility index (Phi) is 6.97. The van der Waals surface area contributed by atoms with Crippen LogP contribution in [0.1, 0.15) is 34.5 Å². The quantitative estimate of drug-likeness (QED) is 0.603. The number of amides is 2. The van der Waals surface area contributed by atoms with Gasteiger partial charge >= 0.3 is 0 Å². The number of halogens is 1. The maximum Gasteiger partial charge on any atom is 0.262 e. The summed E-state index contributed by atoms with van der Waals surface area (Å²) in [6.07, 6.45) is 0. The highest BCUT2D eigenvalue weighted by molar-refractivity contribution is 5.97. The minimum Gasteiger partial charge on any atom is -0.483 e. The number of rotatable bonds is 7. The molecule has 156 valence electrons. The van der Waals surface area contributed by atoms with Crippen molar-refractivity contribution in [3.8, 4) is 11.8 Å². The van der Waals surface area contributed by atoms with Gasteiger partial charge in [0.2, 0.25) is 0 Å². The number of nitriles is 1. The predicted molar refractivity (Wildman–Crippen MR) is 114 cm³/mol. The molecule has 0 aromatic heterocycles. The number of nitrogens with zero attached hydrogens (tertiary/aromatic N) is 1. The van der Waals surface area contributed by atoms with Crippen molar-refractivity contribution < 1.29 is 18.7 Å². The largest absolute Gasteiger partial charge is 0.483 e. The average Bonchev–Trinajstić information content (AvgIpc) is 2.79. The standard InChI is InChI=1S/C24H20FN3O3/c1-16(18-12-10-17(14-26)11-13-18)27-24(30)19-6-2-5-9-22(19)31-15-23(29)28-21-8-4-3-7-20(21)25/h2-13,16H,15H2,1H3,(H,27,30)(H,28,29). The van der Waals surface area contributed by atoms with Crippen molar-refractivity contribution in [2.75, 3.05) is 11.9 Å². The molecule has 3 rings (SSSR count). The van der Waals surface area contributed by atoms with Crippen LogP contribution in [0.4, 0.5) is 10.1 Å². The van der Waals surface area contributed by atoms with Gasteiger partial charge in [0.1, 0.15) is 11.6 Å². The van der Waals surface area contributed by atoms with Gasteiger partial charge in [0, 0.05) is 0 Å². The molecular weight excluding hydrogens is 397 g/mol. The van der Waals surface area contributed by atoms with Gasteiger partial charge in [-0.25, -0.2) is 4.39 Å². The zero-order valence-electron chi connectivity index (χ0n) is 16.8. The number of carbonyl (C=O) groups is 2. The Bertz CT molecular complexity index is 1120. The molecular formula is C24H20FN3O3. The van der Waals surface area contributed by atoms with Crippen LogP contribution >= 0.6 is 0 Å². The lowest BCUT2D eigenvalue weighted by molar-refractivity contribution is -0.118. The van der Waals surface area contributed by atoms with E-state index in [4.69, 9.17) is 10.00 Å². The molecule has 0 radical (unpaired) electrons. The number of anilines is 1. The van der Waals surface area contributed by atoms with E-state index in [-0.39, 0.29) is 35.6 Å². The van der Waals surface area contributed by atoms with Gasteiger partial charge in [-0.2, -0.15) is 5.26 Å². The highest BCUT2D eigenvalue weighted by atomic mass is 19.1. The van der Waals surface area contributed by atoms with E-state index in [0.29, 0.717) is 5.56 Å². The van der Waals surface area contributed by atoms with E-state index >= 15 is 0 Å². The minimum absolute atomic E-state index is 0.0540. The number of para-hydroxylation sites is 2. The van der Waals surface area contributed by atoms with Crippen molar-refractivity contribution in [3.63, 3.8) is 0 Å². The number of benzene rings is 3. The highest BCUT2D eigenvalue weighted by Gasteiger charge is 2.16. The highest BCUT2D eigenvalue weighted by Crippen LogP contribution is 2.20. The van der Waals surface area contributed by atoms with Crippen molar-refractivity contribution in [1.29, 1.82) is 5.26 Å².